The van der Waals surface area contributed by atoms with Gasteiger partial charge in [-0.1, -0.05) is 60.7 Å². The molecule has 1 saturated heterocycles. The van der Waals surface area contributed by atoms with E-state index in [1.54, 1.807) is 4.90 Å². The van der Waals surface area contributed by atoms with E-state index in [2.05, 4.69) is 27.3 Å². The molecule has 0 spiro atoms. The quantitative estimate of drug-likeness (QED) is 0.163. The number of likely N-dealkylation sites (tertiary alicyclic amines) is 1. The molecule has 1 aromatic heterocycles. The molecule has 0 aliphatic carbocycles. The molecule has 0 saturated carbocycles. The minimum atomic E-state index is -0.0259. The van der Waals surface area contributed by atoms with E-state index >= 15 is 0 Å². The molecule has 4 aromatic carbocycles. The highest BCUT2D eigenvalue weighted by atomic mass is 16.1. The van der Waals surface area contributed by atoms with E-state index in [1.807, 2.05) is 89.5 Å². The summed E-state index contributed by atoms with van der Waals surface area (Å²) >= 11 is 0. The van der Waals surface area contributed by atoms with Crippen molar-refractivity contribution in [3.05, 3.63) is 124 Å². The molecule has 5 aromatic rings. The predicted octanol–water partition coefficient (Wildman–Crippen LogP) is 6.08. The molecule has 7 rings (SSSR count). The van der Waals surface area contributed by atoms with Crippen LogP contribution in [-0.2, 0) is 6.54 Å². The summed E-state index contributed by atoms with van der Waals surface area (Å²) in [6.45, 7) is 2.66. The van der Waals surface area contributed by atoms with Gasteiger partial charge in [0.25, 0.3) is 0 Å². The molecule has 0 atom stereocenters. The maximum Gasteiger partial charge on any atom is 0.326 e. The summed E-state index contributed by atoms with van der Waals surface area (Å²) in [6.07, 6.45) is 1.85. The zero-order valence-corrected chi connectivity index (χ0v) is 22.6. The minimum absolute atomic E-state index is 0.0259. The largest absolute Gasteiger partial charge is 0.353 e. The van der Waals surface area contributed by atoms with Gasteiger partial charge in [0.2, 0.25) is 0 Å². The summed E-state index contributed by atoms with van der Waals surface area (Å²) in [5.41, 5.74) is 7.03. The van der Waals surface area contributed by atoms with Gasteiger partial charge in [0, 0.05) is 42.5 Å². The average molecular weight is 542 g/mol. The fourth-order valence-corrected chi connectivity index (χ4v) is 6.12. The molecule has 0 bridgehead atoms. The van der Waals surface area contributed by atoms with E-state index in [0.29, 0.717) is 0 Å². The molecule has 41 heavy (non-hydrogen) atoms. The number of aromatic nitrogens is 2. The van der Waals surface area contributed by atoms with Gasteiger partial charge in [-0.3, -0.25) is 25.2 Å². The van der Waals surface area contributed by atoms with Crippen LogP contribution in [0, 0.1) is 10.8 Å². The number of amidine groups is 2. The third kappa shape index (κ3) is 4.52. The van der Waals surface area contributed by atoms with Gasteiger partial charge >= 0.3 is 5.69 Å². The van der Waals surface area contributed by atoms with Gasteiger partial charge in [-0.05, 0) is 54.8 Å². The second-order valence-electron chi connectivity index (χ2n) is 10.7. The molecule has 8 nitrogen and oxygen atoms in total. The third-order valence-electron chi connectivity index (χ3n) is 8.22. The van der Waals surface area contributed by atoms with Crippen LogP contribution in [0.4, 0.5) is 17.1 Å². The van der Waals surface area contributed by atoms with E-state index in [1.165, 1.54) is 5.56 Å². The summed E-state index contributed by atoms with van der Waals surface area (Å²) in [4.78, 5) is 19.8. The standard InChI is InChI=1S/C33H31N7O/c34-31(40-30-12-6-3-9-27(30)36-26-8-2-1-7-25(26)32(40)35)23-15-13-22(14-16-23)21-38-19-17-24(18-20-38)39-29-11-5-4-10-28(29)37-33(39)41/h1-16,24,34-36H,17-21H2,(H,37,41). The van der Waals surface area contributed by atoms with Crippen LogP contribution >= 0.6 is 0 Å². The summed E-state index contributed by atoms with van der Waals surface area (Å²) < 4.78 is 1.93. The molecule has 204 valence electrons. The predicted molar refractivity (Wildman–Crippen MR) is 165 cm³/mol. The van der Waals surface area contributed by atoms with Crippen LogP contribution in [0.25, 0.3) is 11.0 Å². The fraction of sp³-hybridized carbons (Fsp3) is 0.182. The van der Waals surface area contributed by atoms with E-state index < -0.39 is 0 Å². The van der Waals surface area contributed by atoms with Crippen molar-refractivity contribution in [3.8, 4) is 0 Å². The molecule has 1 fully saturated rings. The van der Waals surface area contributed by atoms with Crippen molar-refractivity contribution in [2.75, 3.05) is 23.3 Å². The number of piperidine rings is 1. The number of rotatable bonds is 4. The fourth-order valence-electron chi connectivity index (χ4n) is 6.12. The van der Waals surface area contributed by atoms with Crippen molar-refractivity contribution in [2.24, 2.45) is 0 Å². The van der Waals surface area contributed by atoms with Crippen molar-refractivity contribution in [1.29, 1.82) is 10.8 Å². The third-order valence-corrected chi connectivity index (χ3v) is 8.22. The maximum atomic E-state index is 12.6. The highest BCUT2D eigenvalue weighted by Gasteiger charge is 2.28. The number of hydrogen-bond donors (Lipinski definition) is 4. The first-order valence-electron chi connectivity index (χ1n) is 14.0. The van der Waals surface area contributed by atoms with Crippen LogP contribution in [0.5, 0.6) is 0 Å². The number of benzene rings is 4. The first kappa shape index (κ1) is 25.0. The van der Waals surface area contributed by atoms with Crippen LogP contribution < -0.4 is 15.9 Å². The Hall–Kier alpha value is -4.95. The number of para-hydroxylation sites is 5. The van der Waals surface area contributed by atoms with Crippen LogP contribution in [-0.4, -0.2) is 39.2 Å². The molecular weight excluding hydrogens is 510 g/mol. The van der Waals surface area contributed by atoms with E-state index in [9.17, 15) is 4.79 Å². The minimum Gasteiger partial charge on any atom is -0.353 e. The van der Waals surface area contributed by atoms with Crippen molar-refractivity contribution in [1.82, 2.24) is 14.5 Å². The van der Waals surface area contributed by atoms with Gasteiger partial charge in [0.1, 0.15) is 11.7 Å². The lowest BCUT2D eigenvalue weighted by molar-refractivity contribution is 0.180. The van der Waals surface area contributed by atoms with E-state index in [-0.39, 0.29) is 23.4 Å². The first-order chi connectivity index (χ1) is 20.1. The van der Waals surface area contributed by atoms with Crippen LogP contribution in [0.3, 0.4) is 0 Å². The Morgan fingerprint density at radius 3 is 2.32 bits per heavy atom. The zero-order chi connectivity index (χ0) is 27.9. The van der Waals surface area contributed by atoms with Gasteiger partial charge in [-0.2, -0.15) is 0 Å². The Morgan fingerprint density at radius 1 is 0.829 bits per heavy atom. The van der Waals surface area contributed by atoms with E-state index in [0.717, 1.165) is 71.7 Å². The molecule has 2 aliphatic heterocycles. The van der Waals surface area contributed by atoms with E-state index in [4.69, 9.17) is 10.8 Å². The summed E-state index contributed by atoms with van der Waals surface area (Å²) in [5.74, 6) is 0.529. The average Bonchev–Trinajstić information content (AvgIpc) is 3.28. The van der Waals surface area contributed by atoms with Crippen molar-refractivity contribution < 1.29 is 0 Å². The number of anilines is 3. The highest BCUT2D eigenvalue weighted by Crippen LogP contribution is 2.36. The summed E-state index contributed by atoms with van der Waals surface area (Å²) in [7, 11) is 0. The van der Waals surface area contributed by atoms with Gasteiger partial charge in [0.05, 0.1) is 22.4 Å². The monoisotopic (exact) mass is 541 g/mol. The van der Waals surface area contributed by atoms with Gasteiger partial charge in [-0.25, -0.2) is 4.79 Å². The van der Waals surface area contributed by atoms with Gasteiger partial charge in [-0.15, -0.1) is 0 Å². The maximum absolute atomic E-state index is 12.6. The van der Waals surface area contributed by atoms with Crippen LogP contribution in [0.1, 0.15) is 35.6 Å². The number of nitrogens with zero attached hydrogens (tertiary/aromatic N) is 3. The molecular formula is C33H31N7O. The number of nitrogens with one attached hydrogen (secondary N) is 4. The molecule has 0 unspecified atom stereocenters. The number of fused-ring (bicyclic) bond motifs is 3. The Kier molecular flexibility index (Phi) is 6.24. The number of hydrogen-bond acceptors (Lipinski definition) is 5. The Bertz CT molecular complexity index is 1830. The highest BCUT2D eigenvalue weighted by molar-refractivity contribution is 6.30. The lowest BCUT2D eigenvalue weighted by Crippen LogP contribution is -2.37. The smallest absolute Gasteiger partial charge is 0.326 e. The molecule has 2 aliphatic rings. The Labute approximate surface area is 237 Å². The Morgan fingerprint density at radius 2 is 1.51 bits per heavy atom. The number of aromatic amines is 1. The van der Waals surface area contributed by atoms with Gasteiger partial charge < -0.3 is 10.3 Å². The van der Waals surface area contributed by atoms with Crippen molar-refractivity contribution in [2.45, 2.75) is 25.4 Å². The summed E-state index contributed by atoms with van der Waals surface area (Å²) in [5, 5.41) is 21.6. The number of imidazole rings is 1. The second-order valence-corrected chi connectivity index (χ2v) is 10.7. The molecule has 3 heterocycles. The molecule has 8 heteroatoms. The lowest BCUT2D eigenvalue weighted by Gasteiger charge is -2.32. The second kappa shape index (κ2) is 10.2. The van der Waals surface area contributed by atoms with Crippen molar-refractivity contribution >= 4 is 39.8 Å². The lowest BCUT2D eigenvalue weighted by atomic mass is 10.0. The first-order valence-corrected chi connectivity index (χ1v) is 14.0. The Balaban J connectivity index is 1.06. The molecule has 0 radical (unpaired) electrons. The normalized spacial score (nSPS) is 15.7. The van der Waals surface area contributed by atoms with Crippen LogP contribution in [0.15, 0.2) is 102 Å². The number of H-pyrrole nitrogens is 1. The van der Waals surface area contributed by atoms with Crippen LogP contribution in [0.2, 0.25) is 0 Å². The van der Waals surface area contributed by atoms with Crippen molar-refractivity contribution in [3.63, 3.8) is 0 Å². The molecule has 4 N–H and O–H groups in total. The summed E-state index contributed by atoms with van der Waals surface area (Å²) in [6, 6.07) is 31.8. The zero-order valence-electron chi connectivity index (χ0n) is 22.6. The molecule has 0 amide bonds. The van der Waals surface area contributed by atoms with Gasteiger partial charge in [0.15, 0.2) is 0 Å². The SMILES string of the molecule is N=C(c1ccc(CN2CCC(n3c(=O)[nH]c4ccccc43)CC2)cc1)N1C(=N)c2ccccc2Nc2ccccc21. The topological polar surface area (TPSA) is 104 Å².